The van der Waals surface area contributed by atoms with Gasteiger partial charge in [0.15, 0.2) is 10.8 Å². The Kier molecular flexibility index (Phi) is 4.03. The molecule has 0 N–H and O–H groups in total. The molecule has 2 heterocycles. The van der Waals surface area contributed by atoms with Crippen molar-refractivity contribution < 1.29 is 19.2 Å². The monoisotopic (exact) mass is 668 g/mol. The molecule has 2 aliphatic heterocycles. The zero-order valence-corrected chi connectivity index (χ0v) is 22.5. The zero-order chi connectivity index (χ0) is 21.6. The van der Waals surface area contributed by atoms with Gasteiger partial charge >= 0.3 is 0 Å². The van der Waals surface area contributed by atoms with Crippen LogP contribution in [0.15, 0.2) is 0 Å². The Morgan fingerprint density at radius 3 is 1.23 bits per heavy atom. The average Bonchev–Trinajstić information content (AvgIpc) is 3.39. The third-order valence-electron chi connectivity index (χ3n) is 9.14. The molecule has 0 radical (unpaired) electrons. The number of imide groups is 2. The van der Waals surface area contributed by atoms with E-state index in [-0.39, 0.29) is 47.3 Å². The average molecular weight is 672 g/mol. The van der Waals surface area contributed by atoms with E-state index in [2.05, 4.69) is 63.7 Å². The second-order valence-electron chi connectivity index (χ2n) is 9.87. The summed E-state index contributed by atoms with van der Waals surface area (Å²) in [6, 6.07) is 0. The van der Waals surface area contributed by atoms with Crippen molar-refractivity contribution in [1.29, 1.82) is 0 Å². The molecule has 162 valence electrons. The minimum atomic E-state index is -1.13. The quantitative estimate of drug-likeness (QED) is 0.254. The van der Waals surface area contributed by atoms with Gasteiger partial charge in [0, 0.05) is 0 Å². The van der Waals surface area contributed by atoms with Gasteiger partial charge in [-0.2, -0.15) is 0 Å². The van der Waals surface area contributed by atoms with Crippen LogP contribution >= 0.6 is 63.7 Å². The van der Waals surface area contributed by atoms with E-state index < -0.39 is 23.5 Å². The van der Waals surface area contributed by atoms with Crippen molar-refractivity contribution in [3.05, 3.63) is 0 Å². The molecule has 2 spiro atoms. The fourth-order valence-corrected chi connectivity index (χ4v) is 12.0. The van der Waals surface area contributed by atoms with E-state index in [1.165, 1.54) is 0 Å². The molecule has 0 aromatic carbocycles. The lowest BCUT2D eigenvalue weighted by Gasteiger charge is -2.61. The van der Waals surface area contributed by atoms with Gasteiger partial charge in [-0.15, -0.1) is 0 Å². The number of likely N-dealkylation sites (tertiary alicyclic amines) is 2. The standard InChI is InChI=1S/C20H20Br4N2O4/c1-8(25-13(27)17(14(25)28)9-2-4-11(6-9)19(17,21)22)26-15(29)18(16(26)30)10-3-5-12(7-10)20(18,23)24/h8-12H,2-7H2,1H3. The molecule has 4 aliphatic carbocycles. The number of nitrogens with zero attached hydrogens (tertiary/aromatic N) is 2. The van der Waals surface area contributed by atoms with Crippen molar-refractivity contribution >= 4 is 87.3 Å². The highest BCUT2D eigenvalue weighted by Crippen LogP contribution is 2.74. The van der Waals surface area contributed by atoms with Gasteiger partial charge in [-0.25, -0.2) is 0 Å². The predicted molar refractivity (Wildman–Crippen MR) is 121 cm³/mol. The summed E-state index contributed by atoms with van der Waals surface area (Å²) in [5.74, 6) is -0.665. The van der Waals surface area contributed by atoms with Crippen LogP contribution in [0.2, 0.25) is 0 Å². The maximum atomic E-state index is 13.4. The summed E-state index contributed by atoms with van der Waals surface area (Å²) in [7, 11) is 0. The summed E-state index contributed by atoms with van der Waals surface area (Å²) < 4.78 is -1.48. The van der Waals surface area contributed by atoms with Crippen molar-refractivity contribution in [2.24, 2.45) is 34.5 Å². The second-order valence-corrected chi connectivity index (χ2v) is 17.0. The fraction of sp³-hybridized carbons (Fsp3) is 0.800. The Labute approximate surface area is 207 Å². The van der Waals surface area contributed by atoms with Crippen molar-refractivity contribution in [3.8, 4) is 0 Å². The Hall–Kier alpha value is 0.200. The van der Waals surface area contributed by atoms with Gasteiger partial charge in [-0.1, -0.05) is 63.7 Å². The van der Waals surface area contributed by atoms with Crippen LogP contribution < -0.4 is 0 Å². The van der Waals surface area contributed by atoms with E-state index in [1.54, 1.807) is 6.92 Å². The lowest BCUT2D eigenvalue weighted by atomic mass is 9.64. The molecule has 30 heavy (non-hydrogen) atoms. The molecular formula is C20H20Br4N2O4. The molecule has 0 aromatic heterocycles. The summed E-state index contributed by atoms with van der Waals surface area (Å²) in [4.78, 5) is 56.1. The number of alkyl halides is 4. The van der Waals surface area contributed by atoms with Crippen LogP contribution in [0.5, 0.6) is 0 Å². The molecule has 6 fully saturated rings. The van der Waals surface area contributed by atoms with Crippen LogP contribution in [0.1, 0.15) is 45.4 Å². The minimum Gasteiger partial charge on any atom is -0.273 e. The number of β-lactam (4-membered cyclic amide) rings is 4. The van der Waals surface area contributed by atoms with Gasteiger partial charge in [0.25, 0.3) is 0 Å². The number of fused-ring (bicyclic) bond motifs is 6. The Balaban J connectivity index is 1.30. The first kappa shape index (κ1) is 20.8. The molecule has 0 aromatic rings. The van der Waals surface area contributed by atoms with Crippen LogP contribution in [-0.2, 0) is 19.2 Å². The van der Waals surface area contributed by atoms with Gasteiger partial charge in [-0.05, 0) is 69.1 Å². The first-order valence-corrected chi connectivity index (χ1v) is 13.7. The van der Waals surface area contributed by atoms with Crippen LogP contribution in [0.25, 0.3) is 0 Å². The third-order valence-corrected chi connectivity index (χ3v) is 14.2. The third kappa shape index (κ3) is 1.78. The lowest BCUT2D eigenvalue weighted by Crippen LogP contribution is -2.82. The number of hydrogen-bond donors (Lipinski definition) is 0. The Morgan fingerprint density at radius 1 is 0.667 bits per heavy atom. The van der Waals surface area contributed by atoms with Gasteiger partial charge in [-0.3, -0.25) is 29.0 Å². The van der Waals surface area contributed by atoms with E-state index in [0.29, 0.717) is 0 Å². The van der Waals surface area contributed by atoms with Gasteiger partial charge < -0.3 is 0 Å². The van der Waals surface area contributed by atoms with Gasteiger partial charge in [0.2, 0.25) is 23.6 Å². The second kappa shape index (κ2) is 5.81. The summed E-state index contributed by atoms with van der Waals surface area (Å²) in [6.45, 7) is 1.61. The molecule has 2 saturated heterocycles. The Bertz CT molecular complexity index is 843. The SMILES string of the molecule is CC(N1C(=O)C2(C1=O)C1CCC(C1)C2(Br)Br)N1C(=O)C2(C1=O)C1CCC(C1)C2(Br)Br. The number of carbonyl (C=O) groups is 4. The molecule has 4 bridgehead atoms. The van der Waals surface area contributed by atoms with Crippen LogP contribution in [0.3, 0.4) is 0 Å². The highest BCUT2D eigenvalue weighted by atomic mass is 79.9. The number of hydrogen-bond acceptors (Lipinski definition) is 4. The molecule has 4 atom stereocenters. The maximum Gasteiger partial charge on any atom is 0.249 e. The smallest absolute Gasteiger partial charge is 0.249 e. The highest BCUT2D eigenvalue weighted by molar-refractivity contribution is 9.25. The number of halogens is 4. The predicted octanol–water partition coefficient (Wildman–Crippen LogP) is 3.87. The van der Waals surface area contributed by atoms with Crippen molar-refractivity contribution in [3.63, 3.8) is 0 Å². The number of amides is 4. The van der Waals surface area contributed by atoms with E-state index in [0.717, 1.165) is 48.3 Å². The Morgan fingerprint density at radius 2 is 0.967 bits per heavy atom. The molecule has 4 amide bonds. The van der Waals surface area contributed by atoms with E-state index in [4.69, 9.17) is 0 Å². The molecule has 4 saturated carbocycles. The van der Waals surface area contributed by atoms with Crippen molar-refractivity contribution in [1.82, 2.24) is 9.80 Å². The topological polar surface area (TPSA) is 74.8 Å². The summed E-state index contributed by atoms with van der Waals surface area (Å²) >= 11 is 14.6. The van der Waals surface area contributed by atoms with Crippen molar-refractivity contribution in [2.45, 2.75) is 58.1 Å². The van der Waals surface area contributed by atoms with E-state index in [9.17, 15) is 19.2 Å². The normalized spacial score (nSPS) is 41.8. The largest absolute Gasteiger partial charge is 0.273 e. The summed E-state index contributed by atoms with van der Waals surface area (Å²) in [5, 5.41) is 0. The van der Waals surface area contributed by atoms with Gasteiger partial charge in [0.1, 0.15) is 12.6 Å². The number of rotatable bonds is 2. The van der Waals surface area contributed by atoms with E-state index >= 15 is 0 Å². The molecule has 6 rings (SSSR count). The lowest BCUT2D eigenvalue weighted by molar-refractivity contribution is -0.202. The minimum absolute atomic E-state index is 0.00198. The molecular weight excluding hydrogens is 652 g/mol. The fourth-order valence-electron chi connectivity index (χ4n) is 7.68. The van der Waals surface area contributed by atoms with Crippen LogP contribution in [-0.4, -0.2) is 46.1 Å². The maximum absolute atomic E-state index is 13.4. The van der Waals surface area contributed by atoms with Gasteiger partial charge in [0.05, 0.1) is 0 Å². The molecule has 6 nitrogen and oxygen atoms in total. The first-order chi connectivity index (χ1) is 14.0. The molecule has 10 heteroatoms. The first-order valence-electron chi connectivity index (χ1n) is 10.5. The van der Waals surface area contributed by atoms with Crippen LogP contribution in [0, 0.1) is 34.5 Å². The highest BCUT2D eigenvalue weighted by Gasteiger charge is 2.84. The number of carbonyl (C=O) groups excluding carboxylic acids is 4. The van der Waals surface area contributed by atoms with Crippen LogP contribution in [0.4, 0.5) is 0 Å². The van der Waals surface area contributed by atoms with Crippen molar-refractivity contribution in [2.75, 3.05) is 0 Å². The zero-order valence-electron chi connectivity index (χ0n) is 16.2. The summed E-state index contributed by atoms with van der Waals surface area (Å²) in [5.41, 5.74) is -2.25. The molecule has 4 unspecified atom stereocenters. The van der Waals surface area contributed by atoms with E-state index in [1.807, 2.05) is 0 Å². The molecule has 6 aliphatic rings. The summed E-state index contributed by atoms with van der Waals surface area (Å²) in [6.07, 6.45) is 4.43.